The van der Waals surface area contributed by atoms with Gasteiger partial charge in [0.25, 0.3) is 0 Å². The topological polar surface area (TPSA) is 52.7 Å². The highest BCUT2D eigenvalue weighted by molar-refractivity contribution is 7.10. The molecule has 1 aromatic heterocycles. The molecule has 6 heteroatoms. The number of nitrogens with one attached hydrogen (secondary N) is 1. The van der Waals surface area contributed by atoms with E-state index in [1.807, 2.05) is 73.3 Å². The molecule has 180 valence electrons. The first-order chi connectivity index (χ1) is 16.4. The molecule has 0 fully saturated rings. The SMILES string of the molecule is CCc1ccccc1NC(=O)N(CC(=O)N(Cc1ccccc1)Cc1sccc1C)[C@H](C)CC. The van der Waals surface area contributed by atoms with Gasteiger partial charge >= 0.3 is 6.03 Å². The Labute approximate surface area is 207 Å². The minimum Gasteiger partial charge on any atom is -0.332 e. The van der Waals surface area contributed by atoms with Crippen LogP contribution in [0.25, 0.3) is 0 Å². The largest absolute Gasteiger partial charge is 0.332 e. The maximum atomic E-state index is 13.6. The Morgan fingerprint density at radius 2 is 1.68 bits per heavy atom. The molecule has 0 radical (unpaired) electrons. The standard InChI is InChI=1S/C28H35N3O2S/c1-5-22(4)31(28(33)29-25-15-11-10-14-24(25)6-2)20-27(32)30(18-23-12-8-7-9-13-23)19-26-21(3)16-17-34-26/h7-17,22H,5-6,18-20H2,1-4H3,(H,29,33)/t22-/m1/s1. The molecule has 3 amide bonds. The maximum Gasteiger partial charge on any atom is 0.322 e. The van der Waals surface area contributed by atoms with E-state index in [4.69, 9.17) is 0 Å². The molecule has 1 heterocycles. The number of amides is 3. The molecular weight excluding hydrogens is 442 g/mol. The van der Waals surface area contributed by atoms with E-state index in [1.54, 1.807) is 16.2 Å². The molecular formula is C28H35N3O2S. The van der Waals surface area contributed by atoms with Gasteiger partial charge in [0.05, 0.1) is 6.54 Å². The van der Waals surface area contributed by atoms with Crippen LogP contribution in [0.15, 0.2) is 66.0 Å². The normalized spacial score (nSPS) is 11.6. The highest BCUT2D eigenvalue weighted by Gasteiger charge is 2.26. The second-order valence-electron chi connectivity index (χ2n) is 8.59. The fourth-order valence-corrected chi connectivity index (χ4v) is 4.73. The van der Waals surface area contributed by atoms with Gasteiger partial charge in [-0.05, 0) is 60.9 Å². The summed E-state index contributed by atoms with van der Waals surface area (Å²) in [4.78, 5) is 31.6. The molecule has 0 aliphatic carbocycles. The van der Waals surface area contributed by atoms with Gasteiger partial charge in [-0.15, -0.1) is 11.3 Å². The number of urea groups is 1. The van der Waals surface area contributed by atoms with Crippen LogP contribution in [-0.2, 0) is 24.3 Å². The van der Waals surface area contributed by atoms with Crippen molar-refractivity contribution in [1.29, 1.82) is 0 Å². The van der Waals surface area contributed by atoms with Gasteiger partial charge < -0.3 is 15.1 Å². The van der Waals surface area contributed by atoms with Crippen LogP contribution in [-0.4, -0.2) is 34.3 Å². The van der Waals surface area contributed by atoms with Crippen molar-refractivity contribution in [2.45, 2.75) is 59.7 Å². The molecule has 3 rings (SSSR count). The number of hydrogen-bond acceptors (Lipinski definition) is 3. The average Bonchev–Trinajstić information content (AvgIpc) is 3.26. The first-order valence-corrected chi connectivity index (χ1v) is 12.8. The second kappa shape index (κ2) is 12.4. The number of rotatable bonds is 10. The number of nitrogens with zero attached hydrogens (tertiary/aromatic N) is 2. The van der Waals surface area contributed by atoms with Crippen molar-refractivity contribution in [2.75, 3.05) is 11.9 Å². The number of anilines is 1. The molecule has 5 nitrogen and oxygen atoms in total. The van der Waals surface area contributed by atoms with E-state index in [-0.39, 0.29) is 24.5 Å². The lowest BCUT2D eigenvalue weighted by atomic mass is 10.1. The second-order valence-corrected chi connectivity index (χ2v) is 9.59. The van der Waals surface area contributed by atoms with Gasteiger partial charge in [-0.25, -0.2) is 4.79 Å². The molecule has 2 aromatic carbocycles. The zero-order valence-corrected chi connectivity index (χ0v) is 21.4. The van der Waals surface area contributed by atoms with Crippen LogP contribution >= 0.6 is 11.3 Å². The molecule has 0 saturated heterocycles. The molecule has 1 atom stereocenters. The van der Waals surface area contributed by atoms with Crippen molar-refractivity contribution < 1.29 is 9.59 Å². The molecule has 1 N–H and O–H groups in total. The summed E-state index contributed by atoms with van der Waals surface area (Å²) in [5.41, 5.74) is 4.13. The predicted molar refractivity (Wildman–Crippen MR) is 141 cm³/mol. The van der Waals surface area contributed by atoms with Crippen LogP contribution < -0.4 is 5.32 Å². The van der Waals surface area contributed by atoms with Crippen molar-refractivity contribution in [1.82, 2.24) is 9.80 Å². The Morgan fingerprint density at radius 3 is 2.32 bits per heavy atom. The van der Waals surface area contributed by atoms with E-state index < -0.39 is 0 Å². The van der Waals surface area contributed by atoms with Crippen LogP contribution in [0.4, 0.5) is 10.5 Å². The van der Waals surface area contributed by atoms with Gasteiger partial charge in [-0.3, -0.25) is 4.79 Å². The lowest BCUT2D eigenvalue weighted by Gasteiger charge is -2.31. The minimum atomic E-state index is -0.240. The van der Waals surface area contributed by atoms with Crippen molar-refractivity contribution in [3.63, 3.8) is 0 Å². The number of carbonyl (C=O) groups excluding carboxylic acids is 2. The third-order valence-electron chi connectivity index (χ3n) is 6.20. The number of benzene rings is 2. The highest BCUT2D eigenvalue weighted by Crippen LogP contribution is 2.21. The molecule has 0 saturated carbocycles. The Kier molecular flexibility index (Phi) is 9.28. The number of aryl methyl sites for hydroxylation is 2. The molecule has 3 aromatic rings. The molecule has 0 bridgehead atoms. The van der Waals surface area contributed by atoms with Gasteiger partial charge in [0.1, 0.15) is 6.54 Å². The van der Waals surface area contributed by atoms with Gasteiger partial charge in [0.15, 0.2) is 0 Å². The molecule has 34 heavy (non-hydrogen) atoms. The Balaban J connectivity index is 1.81. The zero-order valence-electron chi connectivity index (χ0n) is 20.6. The van der Waals surface area contributed by atoms with Crippen LogP contribution in [0.1, 0.15) is 48.8 Å². The van der Waals surface area contributed by atoms with Crippen molar-refractivity contribution in [2.24, 2.45) is 0 Å². The quantitative estimate of drug-likeness (QED) is 0.363. The summed E-state index contributed by atoms with van der Waals surface area (Å²) in [6.45, 7) is 9.23. The van der Waals surface area contributed by atoms with Gasteiger partial charge in [-0.2, -0.15) is 0 Å². The number of carbonyl (C=O) groups is 2. The molecule has 0 unspecified atom stereocenters. The van der Waals surface area contributed by atoms with E-state index in [2.05, 4.69) is 30.6 Å². The van der Waals surface area contributed by atoms with Gasteiger partial charge in [0, 0.05) is 23.2 Å². The zero-order chi connectivity index (χ0) is 24.5. The summed E-state index contributed by atoms with van der Waals surface area (Å²) in [6, 6.07) is 19.6. The van der Waals surface area contributed by atoms with Crippen LogP contribution in [0.2, 0.25) is 0 Å². The number of thiophene rings is 1. The molecule has 0 aliphatic heterocycles. The average molecular weight is 478 g/mol. The Morgan fingerprint density at radius 1 is 0.971 bits per heavy atom. The molecule has 0 aliphatic rings. The fraction of sp³-hybridized carbons (Fsp3) is 0.357. The van der Waals surface area contributed by atoms with Gasteiger partial charge in [-0.1, -0.05) is 62.4 Å². The maximum absolute atomic E-state index is 13.6. The monoisotopic (exact) mass is 477 g/mol. The van der Waals surface area contributed by atoms with E-state index in [0.717, 1.165) is 29.7 Å². The van der Waals surface area contributed by atoms with Gasteiger partial charge in [0.2, 0.25) is 5.91 Å². The first-order valence-electron chi connectivity index (χ1n) is 11.9. The minimum absolute atomic E-state index is 0.0341. The summed E-state index contributed by atoms with van der Waals surface area (Å²) in [5.74, 6) is -0.0594. The Hall–Kier alpha value is -3.12. The van der Waals surface area contributed by atoms with Crippen molar-refractivity contribution in [3.05, 3.63) is 87.6 Å². The van der Waals surface area contributed by atoms with Crippen LogP contribution in [0.5, 0.6) is 0 Å². The summed E-state index contributed by atoms with van der Waals surface area (Å²) >= 11 is 1.66. The fourth-order valence-electron chi connectivity index (χ4n) is 3.81. The van der Waals surface area contributed by atoms with E-state index >= 15 is 0 Å². The van der Waals surface area contributed by atoms with Crippen molar-refractivity contribution >= 4 is 29.0 Å². The third-order valence-corrected chi connectivity index (χ3v) is 7.21. The summed E-state index contributed by atoms with van der Waals surface area (Å²) in [5, 5.41) is 5.10. The highest BCUT2D eigenvalue weighted by atomic mass is 32.1. The Bertz CT molecular complexity index is 1080. The lowest BCUT2D eigenvalue weighted by Crippen LogP contribution is -2.48. The van der Waals surface area contributed by atoms with E-state index in [1.165, 1.54) is 10.4 Å². The van der Waals surface area contributed by atoms with Crippen LogP contribution in [0.3, 0.4) is 0 Å². The van der Waals surface area contributed by atoms with E-state index in [0.29, 0.717) is 13.1 Å². The third kappa shape index (κ3) is 6.70. The number of para-hydroxylation sites is 1. The van der Waals surface area contributed by atoms with E-state index in [9.17, 15) is 9.59 Å². The van der Waals surface area contributed by atoms with Crippen LogP contribution in [0, 0.1) is 6.92 Å². The summed E-state index contributed by atoms with van der Waals surface area (Å²) < 4.78 is 0. The predicted octanol–water partition coefficient (Wildman–Crippen LogP) is 6.48. The lowest BCUT2D eigenvalue weighted by molar-refractivity contribution is -0.133. The molecule has 0 spiro atoms. The summed E-state index contributed by atoms with van der Waals surface area (Å²) in [6.07, 6.45) is 1.59. The summed E-state index contributed by atoms with van der Waals surface area (Å²) in [7, 11) is 0. The number of hydrogen-bond donors (Lipinski definition) is 1. The smallest absolute Gasteiger partial charge is 0.322 e. The van der Waals surface area contributed by atoms with Crippen molar-refractivity contribution in [3.8, 4) is 0 Å². The first kappa shape index (κ1) is 25.5.